The maximum absolute atomic E-state index is 10.2. The van der Waals surface area contributed by atoms with Gasteiger partial charge in [0.15, 0.2) is 5.13 Å². The summed E-state index contributed by atoms with van der Waals surface area (Å²) in [5.41, 5.74) is 7.15. The minimum Gasteiger partial charge on any atom is -0.375 e. The van der Waals surface area contributed by atoms with Crippen LogP contribution in [0, 0.1) is 0 Å². The Bertz CT molecular complexity index is 295. The Labute approximate surface area is 72.5 Å². The summed E-state index contributed by atoms with van der Waals surface area (Å²) in [4.78, 5) is 14.0. The first-order valence-electron chi connectivity index (χ1n) is 2.68. The van der Waals surface area contributed by atoms with Crippen LogP contribution in [0.3, 0.4) is 0 Å². The average molecular weight is 188 g/mol. The first-order chi connectivity index (χ1) is 5.27. The van der Waals surface area contributed by atoms with Gasteiger partial charge in [0.1, 0.15) is 0 Å². The number of allylic oxidation sites excluding steroid dienone is 1. The zero-order valence-electron chi connectivity index (χ0n) is 5.37. The lowest BCUT2D eigenvalue weighted by Crippen LogP contribution is -1.86. The zero-order chi connectivity index (χ0) is 8.27. The standard InChI is InChI=1S/C6H4ClN2OS/c7-1-4(2-10)5-3-11-6(8)9-5/h1,3H,(H2,8,9)/b4-1-. The highest BCUT2D eigenvalue weighted by atomic mass is 35.5. The number of nitrogens with zero attached hydrogens (tertiary/aromatic N) is 1. The number of anilines is 1. The molecule has 5 heteroatoms. The lowest BCUT2D eigenvalue weighted by atomic mass is 10.3. The molecule has 0 aromatic carbocycles. The van der Waals surface area contributed by atoms with Gasteiger partial charge in [0.2, 0.25) is 6.29 Å². The predicted octanol–water partition coefficient (Wildman–Crippen LogP) is 1.41. The summed E-state index contributed by atoms with van der Waals surface area (Å²) in [6.07, 6.45) is 1.65. The molecule has 57 valence electrons. The number of hydrogen-bond acceptors (Lipinski definition) is 4. The molecule has 0 aliphatic rings. The number of thiazole rings is 1. The van der Waals surface area contributed by atoms with E-state index in [-0.39, 0.29) is 5.57 Å². The van der Waals surface area contributed by atoms with Crippen LogP contribution in [-0.4, -0.2) is 11.3 Å². The quantitative estimate of drug-likeness (QED) is 0.713. The van der Waals surface area contributed by atoms with Gasteiger partial charge in [-0.3, -0.25) is 4.79 Å². The highest BCUT2D eigenvalue weighted by Crippen LogP contribution is 2.17. The second-order valence-corrected chi connectivity index (χ2v) is 2.80. The second kappa shape index (κ2) is 3.50. The van der Waals surface area contributed by atoms with Gasteiger partial charge in [-0.05, 0) is 0 Å². The third kappa shape index (κ3) is 1.78. The molecule has 0 bridgehead atoms. The van der Waals surface area contributed by atoms with Crippen molar-refractivity contribution in [1.82, 2.24) is 4.98 Å². The van der Waals surface area contributed by atoms with E-state index in [0.717, 1.165) is 5.54 Å². The van der Waals surface area contributed by atoms with E-state index in [9.17, 15) is 4.79 Å². The maximum atomic E-state index is 10.2. The van der Waals surface area contributed by atoms with Crippen molar-refractivity contribution in [2.24, 2.45) is 0 Å². The molecule has 0 saturated heterocycles. The molecule has 0 spiro atoms. The first-order valence-corrected chi connectivity index (χ1v) is 3.99. The van der Waals surface area contributed by atoms with Crippen LogP contribution < -0.4 is 5.73 Å². The van der Waals surface area contributed by atoms with Crippen LogP contribution in [0.5, 0.6) is 0 Å². The lowest BCUT2D eigenvalue weighted by molar-refractivity contribution is 0.565. The Morgan fingerprint density at radius 1 is 1.91 bits per heavy atom. The average Bonchev–Trinajstić information content (AvgIpc) is 2.39. The van der Waals surface area contributed by atoms with Gasteiger partial charge in [-0.2, -0.15) is 0 Å². The summed E-state index contributed by atoms with van der Waals surface area (Å²) in [7, 11) is 0. The molecule has 1 heterocycles. The minimum atomic E-state index is 0.222. The molecule has 0 aliphatic carbocycles. The number of rotatable bonds is 2. The van der Waals surface area contributed by atoms with Crippen LogP contribution in [0.15, 0.2) is 10.9 Å². The van der Waals surface area contributed by atoms with Crippen molar-refractivity contribution in [3.05, 3.63) is 16.6 Å². The van der Waals surface area contributed by atoms with Gasteiger partial charge in [0.25, 0.3) is 0 Å². The maximum Gasteiger partial charge on any atom is 0.236 e. The van der Waals surface area contributed by atoms with Crippen LogP contribution in [0.25, 0.3) is 5.57 Å². The van der Waals surface area contributed by atoms with Crippen LogP contribution in [0.1, 0.15) is 5.69 Å². The highest BCUT2D eigenvalue weighted by Gasteiger charge is 2.04. The molecule has 1 radical (unpaired) electrons. The molecule has 2 N–H and O–H groups in total. The Balaban J connectivity index is 3.00. The minimum absolute atomic E-state index is 0.222. The fraction of sp³-hybridized carbons (Fsp3) is 0. The summed E-state index contributed by atoms with van der Waals surface area (Å²) >= 11 is 6.56. The normalized spacial score (nSPS) is 11.5. The van der Waals surface area contributed by atoms with Crippen molar-refractivity contribution in [2.45, 2.75) is 0 Å². The number of hydrogen-bond donors (Lipinski definition) is 1. The topological polar surface area (TPSA) is 56.0 Å². The third-order valence-corrected chi connectivity index (χ3v) is 1.91. The first kappa shape index (κ1) is 8.23. The molecule has 1 rings (SSSR count). The van der Waals surface area contributed by atoms with E-state index in [1.54, 1.807) is 11.7 Å². The van der Waals surface area contributed by atoms with Gasteiger partial charge < -0.3 is 5.73 Å². The predicted molar refractivity (Wildman–Crippen MR) is 46.0 cm³/mol. The SMILES string of the molecule is Nc1nc(/C([C]=O)=C\Cl)cs1. The zero-order valence-corrected chi connectivity index (χ0v) is 6.95. The van der Waals surface area contributed by atoms with Crippen molar-refractivity contribution in [3.63, 3.8) is 0 Å². The lowest BCUT2D eigenvalue weighted by Gasteiger charge is -1.86. The molecule has 1 aromatic heterocycles. The smallest absolute Gasteiger partial charge is 0.236 e. The Morgan fingerprint density at radius 2 is 2.64 bits per heavy atom. The van der Waals surface area contributed by atoms with Gasteiger partial charge in [0, 0.05) is 10.9 Å². The molecule has 0 atom stereocenters. The number of nitrogens with two attached hydrogens (primary N) is 1. The van der Waals surface area contributed by atoms with Crippen molar-refractivity contribution in [1.29, 1.82) is 0 Å². The summed E-state index contributed by atoms with van der Waals surface area (Å²) in [5, 5.41) is 2.06. The van der Waals surface area contributed by atoms with Crippen LogP contribution >= 0.6 is 22.9 Å². The number of carbonyl (C=O) groups excluding carboxylic acids is 1. The fourth-order valence-electron chi connectivity index (χ4n) is 0.542. The second-order valence-electron chi connectivity index (χ2n) is 1.70. The number of aromatic nitrogens is 1. The molecular weight excluding hydrogens is 184 g/mol. The molecule has 0 fully saturated rings. The number of halogens is 1. The van der Waals surface area contributed by atoms with Gasteiger partial charge >= 0.3 is 0 Å². The Kier molecular flexibility index (Phi) is 2.62. The molecule has 0 aliphatic heterocycles. The fourth-order valence-corrected chi connectivity index (χ4v) is 1.26. The highest BCUT2D eigenvalue weighted by molar-refractivity contribution is 7.13. The Morgan fingerprint density at radius 3 is 3.00 bits per heavy atom. The van der Waals surface area contributed by atoms with Gasteiger partial charge in [0.05, 0.1) is 11.3 Å². The molecule has 1 aromatic rings. The molecule has 0 amide bonds. The van der Waals surface area contributed by atoms with Gasteiger partial charge in [-0.15, -0.1) is 11.3 Å². The van der Waals surface area contributed by atoms with Crippen molar-refractivity contribution in [3.8, 4) is 0 Å². The Hall–Kier alpha value is -0.870. The van der Waals surface area contributed by atoms with E-state index >= 15 is 0 Å². The van der Waals surface area contributed by atoms with Crippen molar-refractivity contribution in [2.75, 3.05) is 5.73 Å². The number of nitrogen functional groups attached to an aromatic ring is 1. The van der Waals surface area contributed by atoms with Crippen LogP contribution in [-0.2, 0) is 4.79 Å². The third-order valence-electron chi connectivity index (χ3n) is 1.02. The van der Waals surface area contributed by atoms with Crippen LogP contribution in [0.4, 0.5) is 5.13 Å². The molecule has 11 heavy (non-hydrogen) atoms. The van der Waals surface area contributed by atoms with E-state index in [4.69, 9.17) is 17.3 Å². The summed E-state index contributed by atoms with van der Waals surface area (Å²) < 4.78 is 0. The summed E-state index contributed by atoms with van der Waals surface area (Å²) in [6.45, 7) is 0. The summed E-state index contributed by atoms with van der Waals surface area (Å²) in [5.74, 6) is 0. The van der Waals surface area contributed by atoms with Gasteiger partial charge in [-0.25, -0.2) is 4.98 Å². The monoisotopic (exact) mass is 187 g/mol. The van der Waals surface area contributed by atoms with Crippen molar-refractivity contribution >= 4 is 39.9 Å². The van der Waals surface area contributed by atoms with Crippen LogP contribution in [0.2, 0.25) is 0 Å². The molecular formula is C6H4ClN2OS. The molecule has 3 nitrogen and oxygen atoms in total. The van der Waals surface area contributed by atoms with E-state index in [1.165, 1.54) is 11.3 Å². The van der Waals surface area contributed by atoms with Gasteiger partial charge in [-0.1, -0.05) is 11.6 Å². The largest absolute Gasteiger partial charge is 0.375 e. The van der Waals surface area contributed by atoms with E-state index in [1.807, 2.05) is 0 Å². The van der Waals surface area contributed by atoms with Crippen molar-refractivity contribution < 1.29 is 4.79 Å². The molecule has 0 saturated carbocycles. The van der Waals surface area contributed by atoms with E-state index < -0.39 is 0 Å². The van der Waals surface area contributed by atoms with E-state index in [0.29, 0.717) is 10.8 Å². The summed E-state index contributed by atoms with van der Waals surface area (Å²) in [6, 6.07) is 0. The molecule has 0 unspecified atom stereocenters. The van der Waals surface area contributed by atoms with E-state index in [2.05, 4.69) is 4.98 Å².